The van der Waals surface area contributed by atoms with Crippen molar-refractivity contribution in [2.75, 3.05) is 38.1 Å². The molecule has 1 aliphatic heterocycles. The molecule has 1 heterocycles. The summed E-state index contributed by atoms with van der Waals surface area (Å²) < 4.78 is 0. The van der Waals surface area contributed by atoms with Crippen LogP contribution in [-0.2, 0) is 19.2 Å². The lowest BCUT2D eigenvalue weighted by molar-refractivity contribution is -0.140. The summed E-state index contributed by atoms with van der Waals surface area (Å²) in [6.45, 7) is 8.81. The third-order valence-electron chi connectivity index (χ3n) is 4.68. The van der Waals surface area contributed by atoms with Gasteiger partial charge in [0.1, 0.15) is 12.3 Å². The highest BCUT2D eigenvalue weighted by Gasteiger charge is 2.22. The second kappa shape index (κ2) is 12.6. The minimum atomic E-state index is -0.903. The predicted molar refractivity (Wildman–Crippen MR) is 108 cm³/mol. The molecular formula is C20H30N4O4. The van der Waals surface area contributed by atoms with E-state index in [-0.39, 0.29) is 25.7 Å². The normalized spacial score (nSPS) is 14.2. The van der Waals surface area contributed by atoms with E-state index < -0.39 is 11.9 Å². The van der Waals surface area contributed by atoms with E-state index in [1.165, 1.54) is 23.9 Å². The van der Waals surface area contributed by atoms with Gasteiger partial charge in [0.25, 0.3) is 0 Å². The molecule has 154 valence electrons. The number of amides is 3. The maximum absolute atomic E-state index is 11.2. The molecule has 0 bridgehead atoms. The number of piperazine rings is 1. The first kappa shape index (κ1) is 23.3. The molecule has 2 rings (SSSR count). The number of carbonyl (C=O) groups is 4. The molecule has 0 saturated carbocycles. The zero-order valence-corrected chi connectivity index (χ0v) is 16.8. The van der Waals surface area contributed by atoms with Gasteiger partial charge in [-0.2, -0.15) is 0 Å². The van der Waals surface area contributed by atoms with Crippen molar-refractivity contribution in [3.05, 3.63) is 29.3 Å². The average Bonchev–Trinajstić information content (AvgIpc) is 2.73. The summed E-state index contributed by atoms with van der Waals surface area (Å²) in [6.07, 6.45) is 1.41. The zero-order chi connectivity index (χ0) is 20.9. The minimum absolute atomic E-state index is 0.121. The van der Waals surface area contributed by atoms with E-state index in [9.17, 15) is 19.2 Å². The molecule has 0 aromatic heterocycles. The zero-order valence-electron chi connectivity index (χ0n) is 16.8. The molecule has 1 saturated heterocycles. The summed E-state index contributed by atoms with van der Waals surface area (Å²) in [7, 11) is 1.39. The van der Waals surface area contributed by atoms with Crippen LogP contribution in [-0.4, -0.2) is 69.2 Å². The minimum Gasteiger partial charge on any atom is -0.369 e. The molecule has 1 aromatic carbocycles. The van der Waals surface area contributed by atoms with E-state index in [4.69, 9.17) is 0 Å². The fourth-order valence-corrected chi connectivity index (χ4v) is 2.83. The predicted octanol–water partition coefficient (Wildman–Crippen LogP) is 0.408. The lowest BCUT2D eigenvalue weighted by Crippen LogP contribution is -2.44. The fourth-order valence-electron chi connectivity index (χ4n) is 2.83. The fraction of sp³-hybridized carbons (Fsp3) is 0.500. The van der Waals surface area contributed by atoms with Gasteiger partial charge in [0.05, 0.1) is 0 Å². The van der Waals surface area contributed by atoms with Crippen LogP contribution in [0, 0.1) is 13.8 Å². The van der Waals surface area contributed by atoms with Gasteiger partial charge in [0.2, 0.25) is 18.7 Å². The van der Waals surface area contributed by atoms with Gasteiger partial charge in [-0.25, -0.2) is 0 Å². The van der Waals surface area contributed by atoms with Crippen LogP contribution in [0.5, 0.6) is 0 Å². The maximum Gasteiger partial charge on any atom is 0.243 e. The molecular weight excluding hydrogens is 360 g/mol. The Labute approximate surface area is 166 Å². The SMILES string of the molecule is CNC(=O)C(CCC=O)N(C=O)C=O.Cc1ccc(N2CCNCC2)cc1C. The maximum atomic E-state index is 11.2. The molecule has 1 fully saturated rings. The van der Waals surface area contributed by atoms with Gasteiger partial charge < -0.3 is 20.3 Å². The van der Waals surface area contributed by atoms with Crippen LogP contribution < -0.4 is 15.5 Å². The van der Waals surface area contributed by atoms with Gasteiger partial charge in [0, 0.05) is 45.3 Å². The standard InChI is InChI=1S/C12H18N2.C8H12N2O4/c1-10-3-4-12(9-11(10)2)14-7-5-13-6-8-14;1-9-8(14)7(3-2-4-11)10(5-12)6-13/h3-4,9,13H,5-8H2,1-2H3;4-7H,2-3H2,1H3,(H,9,14). The third-order valence-corrected chi connectivity index (χ3v) is 4.68. The average molecular weight is 390 g/mol. The number of aldehydes is 1. The van der Waals surface area contributed by atoms with E-state index in [1.807, 2.05) is 0 Å². The molecule has 28 heavy (non-hydrogen) atoms. The van der Waals surface area contributed by atoms with Gasteiger partial charge >= 0.3 is 0 Å². The molecule has 2 N–H and O–H groups in total. The first-order chi connectivity index (χ1) is 13.5. The first-order valence-electron chi connectivity index (χ1n) is 9.34. The molecule has 0 spiro atoms. The van der Waals surface area contributed by atoms with Crippen molar-refractivity contribution < 1.29 is 19.2 Å². The highest BCUT2D eigenvalue weighted by molar-refractivity contribution is 5.87. The molecule has 1 aliphatic rings. The van der Waals surface area contributed by atoms with Gasteiger partial charge in [-0.1, -0.05) is 6.07 Å². The molecule has 0 radical (unpaired) electrons. The molecule has 0 aliphatic carbocycles. The molecule has 8 heteroatoms. The van der Waals surface area contributed by atoms with Crippen molar-refractivity contribution in [1.29, 1.82) is 0 Å². The van der Waals surface area contributed by atoms with E-state index >= 15 is 0 Å². The Morgan fingerprint density at radius 2 is 1.82 bits per heavy atom. The number of carbonyl (C=O) groups excluding carboxylic acids is 4. The number of rotatable bonds is 8. The summed E-state index contributed by atoms with van der Waals surface area (Å²) in [5.41, 5.74) is 4.14. The van der Waals surface area contributed by atoms with Crippen molar-refractivity contribution in [3.8, 4) is 0 Å². The van der Waals surface area contributed by atoms with E-state index in [0.29, 0.717) is 11.2 Å². The van der Waals surface area contributed by atoms with Crippen molar-refractivity contribution in [1.82, 2.24) is 15.5 Å². The van der Waals surface area contributed by atoms with Crippen molar-refractivity contribution in [3.63, 3.8) is 0 Å². The summed E-state index contributed by atoms with van der Waals surface area (Å²) in [5, 5.41) is 5.68. The van der Waals surface area contributed by atoms with Crippen LogP contribution in [0.3, 0.4) is 0 Å². The van der Waals surface area contributed by atoms with Gasteiger partial charge in [-0.3, -0.25) is 19.3 Å². The number of hydrogen-bond donors (Lipinski definition) is 2. The van der Waals surface area contributed by atoms with Crippen LogP contribution >= 0.6 is 0 Å². The second-order valence-corrected chi connectivity index (χ2v) is 6.54. The third kappa shape index (κ3) is 7.11. The van der Waals surface area contributed by atoms with Crippen LogP contribution in [0.25, 0.3) is 0 Å². The molecule has 8 nitrogen and oxygen atoms in total. The molecule has 3 amide bonds. The Kier molecular flexibility index (Phi) is 10.5. The van der Waals surface area contributed by atoms with Crippen LogP contribution in [0.2, 0.25) is 0 Å². The Bertz CT molecular complexity index is 652. The Hall–Kier alpha value is -2.74. The van der Waals surface area contributed by atoms with Gasteiger partial charge in [-0.05, 0) is 43.5 Å². The number of benzene rings is 1. The Morgan fingerprint density at radius 1 is 1.18 bits per heavy atom. The Balaban J connectivity index is 0.000000280. The lowest BCUT2D eigenvalue weighted by Gasteiger charge is -2.29. The quantitative estimate of drug-likeness (QED) is 0.624. The van der Waals surface area contributed by atoms with Crippen LogP contribution in [0.4, 0.5) is 5.69 Å². The number of imide groups is 1. The smallest absolute Gasteiger partial charge is 0.243 e. The first-order valence-corrected chi connectivity index (χ1v) is 9.34. The number of nitrogens with one attached hydrogen (secondary N) is 2. The number of anilines is 1. The highest BCUT2D eigenvalue weighted by atomic mass is 16.2. The van der Waals surface area contributed by atoms with Crippen LogP contribution in [0.15, 0.2) is 18.2 Å². The van der Waals surface area contributed by atoms with E-state index in [1.54, 1.807) is 0 Å². The van der Waals surface area contributed by atoms with E-state index in [0.717, 1.165) is 26.2 Å². The summed E-state index contributed by atoms with van der Waals surface area (Å²) in [5.74, 6) is -0.467. The highest BCUT2D eigenvalue weighted by Crippen LogP contribution is 2.18. The summed E-state index contributed by atoms with van der Waals surface area (Å²) in [6, 6.07) is 5.83. The van der Waals surface area contributed by atoms with Crippen molar-refractivity contribution >= 4 is 30.7 Å². The molecule has 1 atom stereocenters. The molecule has 1 unspecified atom stereocenters. The number of hydrogen-bond acceptors (Lipinski definition) is 6. The number of aryl methyl sites for hydroxylation is 2. The number of likely N-dealkylation sites (N-methyl/N-ethyl adjacent to an activating group) is 1. The summed E-state index contributed by atoms with van der Waals surface area (Å²) >= 11 is 0. The van der Waals surface area contributed by atoms with Crippen molar-refractivity contribution in [2.24, 2.45) is 0 Å². The monoisotopic (exact) mass is 390 g/mol. The summed E-state index contributed by atoms with van der Waals surface area (Å²) in [4.78, 5) is 45.2. The van der Waals surface area contributed by atoms with Crippen molar-refractivity contribution in [2.45, 2.75) is 32.7 Å². The Morgan fingerprint density at radius 3 is 2.32 bits per heavy atom. The largest absolute Gasteiger partial charge is 0.369 e. The second-order valence-electron chi connectivity index (χ2n) is 6.54. The van der Waals surface area contributed by atoms with Gasteiger partial charge in [-0.15, -0.1) is 0 Å². The molecule has 1 aromatic rings. The van der Waals surface area contributed by atoms with Crippen LogP contribution in [0.1, 0.15) is 24.0 Å². The van der Waals surface area contributed by atoms with E-state index in [2.05, 4.69) is 47.6 Å². The number of nitrogens with zero attached hydrogens (tertiary/aromatic N) is 2. The lowest BCUT2D eigenvalue weighted by atomic mass is 10.1. The topological polar surface area (TPSA) is 98.8 Å². The van der Waals surface area contributed by atoms with Gasteiger partial charge in [0.15, 0.2) is 0 Å².